The Bertz CT molecular complexity index is 430. The maximum atomic E-state index is 11.7. The number of nitrogens with one attached hydrogen (secondary N) is 2. The number of hydrogen-bond donors (Lipinski definition) is 3. The maximum Gasteiger partial charge on any atom is 0.287 e. The normalized spacial score (nSPS) is 22.8. The van der Waals surface area contributed by atoms with E-state index in [1.807, 2.05) is 0 Å². The fourth-order valence-corrected chi connectivity index (χ4v) is 2.19. The van der Waals surface area contributed by atoms with Crippen molar-refractivity contribution in [2.24, 2.45) is 0 Å². The van der Waals surface area contributed by atoms with E-state index in [1.165, 1.54) is 12.3 Å². The predicted molar refractivity (Wildman–Crippen MR) is 67.4 cm³/mol. The molecule has 1 saturated carbocycles. The molecule has 6 heteroatoms. The van der Waals surface area contributed by atoms with Crippen LogP contribution >= 0.6 is 0 Å². The molecule has 0 saturated heterocycles. The molecule has 0 spiro atoms. The average Bonchev–Trinajstić information content (AvgIpc) is 2.93. The van der Waals surface area contributed by atoms with Gasteiger partial charge in [0.1, 0.15) is 0 Å². The zero-order valence-corrected chi connectivity index (χ0v) is 10.6. The number of furan rings is 1. The maximum absolute atomic E-state index is 11.7. The summed E-state index contributed by atoms with van der Waals surface area (Å²) in [6.45, 7) is -0.122. The molecule has 3 N–H and O–H groups in total. The molecule has 0 aromatic carbocycles. The van der Waals surface area contributed by atoms with E-state index in [0.717, 1.165) is 19.3 Å². The molecule has 1 heterocycles. The van der Waals surface area contributed by atoms with Crippen molar-refractivity contribution in [1.29, 1.82) is 0 Å². The van der Waals surface area contributed by atoms with Crippen molar-refractivity contribution >= 4 is 11.8 Å². The molecule has 0 radical (unpaired) electrons. The van der Waals surface area contributed by atoms with Gasteiger partial charge in [-0.15, -0.1) is 0 Å². The highest BCUT2D eigenvalue weighted by Crippen LogP contribution is 2.18. The summed E-state index contributed by atoms with van der Waals surface area (Å²) in [4.78, 5) is 23.2. The number of rotatable bonds is 4. The fraction of sp³-hybridized carbons (Fsp3) is 0.538. The lowest BCUT2D eigenvalue weighted by Gasteiger charge is -2.28. The van der Waals surface area contributed by atoms with Crippen LogP contribution in [0.2, 0.25) is 0 Å². The molecule has 0 aliphatic heterocycles. The molecule has 0 bridgehead atoms. The van der Waals surface area contributed by atoms with Gasteiger partial charge >= 0.3 is 0 Å². The molecule has 2 amide bonds. The zero-order chi connectivity index (χ0) is 13.7. The Morgan fingerprint density at radius 1 is 1.37 bits per heavy atom. The summed E-state index contributed by atoms with van der Waals surface area (Å²) in [7, 11) is 0. The van der Waals surface area contributed by atoms with Crippen molar-refractivity contribution in [1.82, 2.24) is 10.6 Å². The molecular weight excluding hydrogens is 248 g/mol. The molecule has 1 aromatic heterocycles. The molecule has 19 heavy (non-hydrogen) atoms. The van der Waals surface area contributed by atoms with Crippen LogP contribution in [0.25, 0.3) is 0 Å². The van der Waals surface area contributed by atoms with Crippen LogP contribution in [0.15, 0.2) is 22.8 Å². The summed E-state index contributed by atoms with van der Waals surface area (Å²) in [5, 5.41) is 14.9. The molecular formula is C13H18N2O4. The first kappa shape index (κ1) is 13.6. The quantitative estimate of drug-likeness (QED) is 0.737. The van der Waals surface area contributed by atoms with Crippen molar-refractivity contribution < 1.29 is 19.1 Å². The van der Waals surface area contributed by atoms with Gasteiger partial charge in [-0.1, -0.05) is 12.8 Å². The Balaban J connectivity index is 1.74. The number of carbonyl (C=O) groups is 2. The molecule has 1 aliphatic carbocycles. The van der Waals surface area contributed by atoms with Crippen LogP contribution in [0.3, 0.4) is 0 Å². The lowest BCUT2D eigenvalue weighted by Crippen LogP contribution is -2.48. The minimum Gasteiger partial charge on any atom is -0.459 e. The highest BCUT2D eigenvalue weighted by molar-refractivity contribution is 5.94. The fourth-order valence-electron chi connectivity index (χ4n) is 2.19. The van der Waals surface area contributed by atoms with E-state index < -0.39 is 12.0 Å². The molecule has 1 aromatic rings. The second kappa shape index (κ2) is 6.38. The van der Waals surface area contributed by atoms with Gasteiger partial charge in [-0.2, -0.15) is 0 Å². The van der Waals surface area contributed by atoms with E-state index in [0.29, 0.717) is 6.42 Å². The predicted octanol–water partition coefficient (Wildman–Crippen LogP) is 0.429. The molecule has 0 unspecified atom stereocenters. The standard InChI is InChI=1S/C13H18N2O4/c16-10-5-2-1-4-9(10)15-12(17)8-14-13(18)11-6-3-7-19-11/h3,6-7,9-10,16H,1-2,4-5,8H2,(H,14,18)(H,15,17)/t9-,10-/m1/s1. The average molecular weight is 266 g/mol. The third-order valence-corrected chi connectivity index (χ3v) is 3.23. The van der Waals surface area contributed by atoms with Crippen molar-refractivity contribution in [3.63, 3.8) is 0 Å². The molecule has 2 rings (SSSR count). The van der Waals surface area contributed by atoms with Crippen LogP contribution in [-0.4, -0.2) is 35.6 Å². The van der Waals surface area contributed by atoms with Crippen molar-refractivity contribution in [3.05, 3.63) is 24.2 Å². The summed E-state index contributed by atoms with van der Waals surface area (Å²) in [5.74, 6) is -0.555. The van der Waals surface area contributed by atoms with E-state index >= 15 is 0 Å². The summed E-state index contributed by atoms with van der Waals surface area (Å²) < 4.78 is 4.91. The van der Waals surface area contributed by atoms with Crippen LogP contribution in [0, 0.1) is 0 Å². The molecule has 6 nitrogen and oxygen atoms in total. The van der Waals surface area contributed by atoms with Gasteiger partial charge in [0.25, 0.3) is 5.91 Å². The van der Waals surface area contributed by atoms with Crippen molar-refractivity contribution in [3.8, 4) is 0 Å². The van der Waals surface area contributed by atoms with Crippen molar-refractivity contribution in [2.75, 3.05) is 6.54 Å². The van der Waals surface area contributed by atoms with E-state index in [4.69, 9.17) is 4.42 Å². The molecule has 1 aliphatic rings. The summed E-state index contributed by atoms with van der Waals surface area (Å²) >= 11 is 0. The van der Waals surface area contributed by atoms with Crippen LogP contribution in [-0.2, 0) is 4.79 Å². The van der Waals surface area contributed by atoms with E-state index in [9.17, 15) is 14.7 Å². The second-order valence-electron chi connectivity index (χ2n) is 4.69. The Labute approximate surface area is 111 Å². The van der Waals surface area contributed by atoms with Crippen LogP contribution in [0.1, 0.15) is 36.2 Å². The van der Waals surface area contributed by atoms with Crippen LogP contribution < -0.4 is 10.6 Å². The lowest BCUT2D eigenvalue weighted by atomic mass is 9.92. The Morgan fingerprint density at radius 3 is 2.84 bits per heavy atom. The Kier molecular flexibility index (Phi) is 4.57. The number of carbonyl (C=O) groups excluding carboxylic acids is 2. The number of aliphatic hydroxyl groups is 1. The second-order valence-corrected chi connectivity index (χ2v) is 4.69. The van der Waals surface area contributed by atoms with Gasteiger partial charge in [-0.05, 0) is 25.0 Å². The third-order valence-electron chi connectivity index (χ3n) is 3.23. The number of aliphatic hydroxyl groups excluding tert-OH is 1. The minimum absolute atomic E-state index is 0.122. The minimum atomic E-state index is -0.488. The van der Waals surface area contributed by atoms with E-state index in [-0.39, 0.29) is 24.3 Å². The van der Waals surface area contributed by atoms with Gasteiger partial charge in [0.2, 0.25) is 5.91 Å². The monoisotopic (exact) mass is 266 g/mol. The van der Waals surface area contributed by atoms with Gasteiger partial charge in [-0.3, -0.25) is 9.59 Å². The highest BCUT2D eigenvalue weighted by Gasteiger charge is 2.24. The first-order valence-electron chi connectivity index (χ1n) is 6.46. The van der Waals surface area contributed by atoms with Gasteiger partial charge < -0.3 is 20.2 Å². The molecule has 1 fully saturated rings. The van der Waals surface area contributed by atoms with E-state index in [1.54, 1.807) is 6.07 Å². The Morgan fingerprint density at radius 2 is 2.16 bits per heavy atom. The highest BCUT2D eigenvalue weighted by atomic mass is 16.3. The van der Waals surface area contributed by atoms with E-state index in [2.05, 4.69) is 10.6 Å². The largest absolute Gasteiger partial charge is 0.459 e. The lowest BCUT2D eigenvalue weighted by molar-refractivity contribution is -0.122. The molecule has 2 atom stereocenters. The number of amides is 2. The summed E-state index contributed by atoms with van der Waals surface area (Å²) in [6, 6.07) is 2.92. The molecule has 104 valence electrons. The smallest absolute Gasteiger partial charge is 0.287 e. The van der Waals surface area contributed by atoms with Crippen LogP contribution in [0.4, 0.5) is 0 Å². The third kappa shape index (κ3) is 3.82. The summed E-state index contributed by atoms with van der Waals surface area (Å²) in [6.07, 6.45) is 4.39. The van der Waals surface area contributed by atoms with Gasteiger partial charge in [-0.25, -0.2) is 0 Å². The Hall–Kier alpha value is -1.82. The number of hydrogen-bond acceptors (Lipinski definition) is 4. The SMILES string of the molecule is O=C(CNC(=O)c1ccco1)N[C@@H]1CCCC[C@H]1O. The first-order valence-corrected chi connectivity index (χ1v) is 6.46. The zero-order valence-electron chi connectivity index (χ0n) is 10.6. The van der Waals surface area contributed by atoms with Crippen LogP contribution in [0.5, 0.6) is 0 Å². The van der Waals surface area contributed by atoms with Gasteiger partial charge in [0, 0.05) is 0 Å². The van der Waals surface area contributed by atoms with Gasteiger partial charge in [0.15, 0.2) is 5.76 Å². The van der Waals surface area contributed by atoms with Crippen molar-refractivity contribution in [2.45, 2.75) is 37.8 Å². The summed E-state index contributed by atoms with van der Waals surface area (Å²) in [5.41, 5.74) is 0. The topological polar surface area (TPSA) is 91.6 Å². The van der Waals surface area contributed by atoms with Gasteiger partial charge in [0.05, 0.1) is 25.0 Å². The first-order chi connectivity index (χ1) is 9.16.